The van der Waals surface area contributed by atoms with Gasteiger partial charge in [0.05, 0.1) is 11.6 Å². The fraction of sp³-hybridized carbons (Fsp3) is 0.111. The summed E-state index contributed by atoms with van der Waals surface area (Å²) in [5, 5.41) is 0.579. The Morgan fingerprint density at radius 1 is 1.46 bits per heavy atom. The van der Waals surface area contributed by atoms with Crippen LogP contribution in [0.25, 0.3) is 11.0 Å². The molecular weight excluding hydrogens is 193 g/mol. The highest BCUT2D eigenvalue weighted by atomic mass is 35.5. The first-order chi connectivity index (χ1) is 6.22. The van der Waals surface area contributed by atoms with Gasteiger partial charge in [0, 0.05) is 5.39 Å². The second-order valence-corrected chi connectivity index (χ2v) is 2.98. The topological polar surface area (TPSA) is 39.2 Å². The lowest BCUT2D eigenvalue weighted by molar-refractivity contribution is 0.573. The van der Waals surface area contributed by atoms with Gasteiger partial charge in [0.2, 0.25) is 0 Å². The molecule has 0 aliphatic heterocycles. The Balaban J connectivity index is 2.77. The van der Waals surface area contributed by atoms with Crippen LogP contribution in [0.5, 0.6) is 0 Å². The Morgan fingerprint density at radius 2 is 2.23 bits per heavy atom. The summed E-state index contributed by atoms with van der Waals surface area (Å²) >= 11 is 5.58. The molecule has 1 aromatic carbocycles. The molecule has 0 atom stereocenters. The van der Waals surface area contributed by atoms with Gasteiger partial charge in [-0.2, -0.15) is 0 Å². The molecule has 0 aliphatic rings. The maximum Gasteiger partial charge on any atom is 0.142 e. The minimum atomic E-state index is -0.332. The number of halogens is 2. The second-order valence-electron chi connectivity index (χ2n) is 2.71. The van der Waals surface area contributed by atoms with Crippen molar-refractivity contribution >= 4 is 28.3 Å². The molecule has 0 fully saturated rings. The van der Waals surface area contributed by atoms with Crippen molar-refractivity contribution in [2.24, 2.45) is 0 Å². The SMILES string of the molecule is Nc1c(CCl)oc2ccc(F)cc12. The Hall–Kier alpha value is -1.22. The number of hydrogen-bond acceptors (Lipinski definition) is 2. The molecule has 1 aromatic heterocycles. The molecule has 2 N–H and O–H groups in total. The van der Waals surface area contributed by atoms with Gasteiger partial charge in [-0.05, 0) is 18.2 Å². The summed E-state index contributed by atoms with van der Waals surface area (Å²) in [4.78, 5) is 0. The fourth-order valence-corrected chi connectivity index (χ4v) is 1.44. The van der Waals surface area contributed by atoms with Gasteiger partial charge in [0.1, 0.15) is 17.2 Å². The lowest BCUT2D eigenvalue weighted by atomic mass is 10.2. The third-order valence-corrected chi connectivity index (χ3v) is 2.13. The summed E-state index contributed by atoms with van der Waals surface area (Å²) in [6, 6.07) is 4.20. The minimum Gasteiger partial charge on any atom is -0.458 e. The summed E-state index contributed by atoms with van der Waals surface area (Å²) in [5.41, 5.74) is 6.66. The average Bonchev–Trinajstić information content (AvgIpc) is 2.44. The molecule has 4 heteroatoms. The molecule has 0 radical (unpaired) electrons. The van der Waals surface area contributed by atoms with E-state index in [9.17, 15) is 4.39 Å². The molecule has 0 amide bonds. The van der Waals surface area contributed by atoms with Gasteiger partial charge >= 0.3 is 0 Å². The summed E-state index contributed by atoms with van der Waals surface area (Å²) in [5.74, 6) is 0.352. The van der Waals surface area contributed by atoms with Crippen LogP contribution in [0.15, 0.2) is 22.6 Å². The van der Waals surface area contributed by atoms with E-state index in [0.717, 1.165) is 0 Å². The summed E-state index contributed by atoms with van der Waals surface area (Å²) in [6.45, 7) is 0. The molecule has 2 nitrogen and oxygen atoms in total. The lowest BCUT2D eigenvalue weighted by Gasteiger charge is -1.89. The smallest absolute Gasteiger partial charge is 0.142 e. The van der Waals surface area contributed by atoms with E-state index in [1.54, 1.807) is 0 Å². The van der Waals surface area contributed by atoms with E-state index >= 15 is 0 Å². The monoisotopic (exact) mass is 199 g/mol. The highest BCUT2D eigenvalue weighted by molar-refractivity contribution is 6.17. The quantitative estimate of drug-likeness (QED) is 0.718. The van der Waals surface area contributed by atoms with E-state index < -0.39 is 0 Å². The molecular formula is C9H7ClFNO. The zero-order valence-corrected chi connectivity index (χ0v) is 7.44. The predicted molar refractivity (Wildman–Crippen MR) is 50.1 cm³/mol. The number of nitrogens with two attached hydrogens (primary N) is 1. The Bertz CT molecular complexity index is 452. The molecule has 0 saturated carbocycles. The zero-order valence-electron chi connectivity index (χ0n) is 6.68. The van der Waals surface area contributed by atoms with E-state index in [0.29, 0.717) is 22.4 Å². The zero-order chi connectivity index (χ0) is 9.42. The predicted octanol–water partition coefficient (Wildman–Crippen LogP) is 2.89. The van der Waals surface area contributed by atoms with Gasteiger partial charge in [0.25, 0.3) is 0 Å². The van der Waals surface area contributed by atoms with Crippen molar-refractivity contribution in [3.05, 3.63) is 29.8 Å². The van der Waals surface area contributed by atoms with Crippen LogP contribution in [0.3, 0.4) is 0 Å². The second kappa shape index (κ2) is 2.92. The third-order valence-electron chi connectivity index (χ3n) is 1.89. The summed E-state index contributed by atoms with van der Waals surface area (Å²) < 4.78 is 18.1. The molecule has 0 spiro atoms. The average molecular weight is 200 g/mol. The van der Waals surface area contributed by atoms with Gasteiger partial charge in [-0.1, -0.05) is 0 Å². The molecule has 1 heterocycles. The van der Waals surface area contributed by atoms with Gasteiger partial charge in [-0.15, -0.1) is 11.6 Å². The van der Waals surface area contributed by atoms with E-state index in [1.807, 2.05) is 0 Å². The molecule has 2 aromatic rings. The molecule has 13 heavy (non-hydrogen) atoms. The minimum absolute atomic E-state index is 0.197. The normalized spacial score (nSPS) is 10.9. The van der Waals surface area contributed by atoms with E-state index in [1.165, 1.54) is 18.2 Å². The number of fused-ring (bicyclic) bond motifs is 1. The number of anilines is 1. The molecule has 0 bridgehead atoms. The number of hydrogen-bond donors (Lipinski definition) is 1. The summed E-state index contributed by atoms with van der Waals surface area (Å²) in [6.07, 6.45) is 0. The van der Waals surface area contributed by atoms with Crippen molar-refractivity contribution in [2.75, 3.05) is 5.73 Å². The summed E-state index contributed by atoms with van der Waals surface area (Å²) in [7, 11) is 0. The molecule has 0 unspecified atom stereocenters. The third kappa shape index (κ3) is 1.25. The first kappa shape index (κ1) is 8.38. The molecule has 2 rings (SSSR count). The number of furan rings is 1. The van der Waals surface area contributed by atoms with Gasteiger partial charge in [0.15, 0.2) is 0 Å². The van der Waals surface area contributed by atoms with Gasteiger partial charge in [-0.3, -0.25) is 0 Å². The Labute approximate surface area is 79.1 Å². The van der Waals surface area contributed by atoms with Crippen molar-refractivity contribution in [1.29, 1.82) is 0 Å². The van der Waals surface area contributed by atoms with Crippen molar-refractivity contribution in [1.82, 2.24) is 0 Å². The standard InChI is InChI=1S/C9H7ClFNO/c10-4-8-9(12)6-3-5(11)1-2-7(6)13-8/h1-3H,4,12H2. The van der Waals surface area contributed by atoms with Gasteiger partial charge < -0.3 is 10.2 Å². The van der Waals surface area contributed by atoms with Crippen LogP contribution in [0.1, 0.15) is 5.76 Å². The number of nitrogen functional groups attached to an aromatic ring is 1. The number of alkyl halides is 1. The number of rotatable bonds is 1. The van der Waals surface area contributed by atoms with E-state index in [-0.39, 0.29) is 11.7 Å². The molecule has 68 valence electrons. The van der Waals surface area contributed by atoms with Crippen LogP contribution < -0.4 is 5.73 Å². The van der Waals surface area contributed by atoms with Crippen LogP contribution in [-0.2, 0) is 5.88 Å². The Kier molecular flexibility index (Phi) is 1.88. The van der Waals surface area contributed by atoms with E-state index in [2.05, 4.69) is 0 Å². The van der Waals surface area contributed by atoms with Crippen molar-refractivity contribution in [3.63, 3.8) is 0 Å². The first-order valence-corrected chi connectivity index (χ1v) is 4.28. The van der Waals surface area contributed by atoms with Crippen molar-refractivity contribution in [2.45, 2.75) is 5.88 Å². The lowest BCUT2D eigenvalue weighted by Crippen LogP contribution is -1.86. The molecule has 0 saturated heterocycles. The van der Waals surface area contributed by atoms with Gasteiger partial charge in [-0.25, -0.2) is 4.39 Å². The van der Waals surface area contributed by atoms with Crippen LogP contribution in [0, 0.1) is 5.82 Å². The van der Waals surface area contributed by atoms with Crippen LogP contribution in [-0.4, -0.2) is 0 Å². The van der Waals surface area contributed by atoms with E-state index in [4.69, 9.17) is 21.8 Å². The Morgan fingerprint density at radius 3 is 2.92 bits per heavy atom. The van der Waals surface area contributed by atoms with Crippen molar-refractivity contribution < 1.29 is 8.81 Å². The number of benzene rings is 1. The largest absolute Gasteiger partial charge is 0.458 e. The highest BCUT2D eigenvalue weighted by Crippen LogP contribution is 2.29. The van der Waals surface area contributed by atoms with Crippen molar-refractivity contribution in [3.8, 4) is 0 Å². The highest BCUT2D eigenvalue weighted by Gasteiger charge is 2.10. The van der Waals surface area contributed by atoms with Crippen LogP contribution >= 0.6 is 11.6 Å². The maximum absolute atomic E-state index is 12.8. The van der Waals surface area contributed by atoms with Crippen LogP contribution in [0.4, 0.5) is 10.1 Å². The van der Waals surface area contributed by atoms with Crippen LogP contribution in [0.2, 0.25) is 0 Å². The first-order valence-electron chi connectivity index (χ1n) is 3.74. The molecule has 0 aliphatic carbocycles. The maximum atomic E-state index is 12.8. The fourth-order valence-electron chi connectivity index (χ4n) is 1.24.